The monoisotopic (exact) mass is 687 g/mol. The van der Waals surface area contributed by atoms with Crippen molar-refractivity contribution in [3.63, 3.8) is 0 Å². The minimum atomic E-state index is 0.523. The van der Waals surface area contributed by atoms with Gasteiger partial charge in [0.15, 0.2) is 5.58 Å². The minimum Gasteiger partial charge on any atom is -0.461 e. The van der Waals surface area contributed by atoms with E-state index < -0.39 is 0 Å². The summed E-state index contributed by atoms with van der Waals surface area (Å²) in [4.78, 5) is 4.84. The number of nitriles is 2. The fraction of sp³-hybridized carbons (Fsp3) is 0.727. The Bertz CT molecular complexity index is 1390. The molecular weight excluding hydrogens is 617 g/mol. The fourth-order valence-corrected chi connectivity index (χ4v) is 7.41. The van der Waals surface area contributed by atoms with Gasteiger partial charge >= 0.3 is 0 Å². The van der Waals surface area contributed by atoms with Gasteiger partial charge in [-0.3, -0.25) is 0 Å². The molecule has 0 aliphatic carbocycles. The van der Waals surface area contributed by atoms with Crippen LogP contribution < -0.4 is 9.80 Å². The lowest BCUT2D eigenvalue weighted by atomic mass is 10.0. The van der Waals surface area contributed by atoms with E-state index in [1.165, 1.54) is 128 Å². The predicted molar refractivity (Wildman–Crippen MR) is 213 cm³/mol. The van der Waals surface area contributed by atoms with Gasteiger partial charge in [0, 0.05) is 31.6 Å². The van der Waals surface area contributed by atoms with Crippen LogP contribution in [0.2, 0.25) is 0 Å². The third-order valence-electron chi connectivity index (χ3n) is 10.4. The van der Waals surface area contributed by atoms with Crippen molar-refractivity contribution in [3.05, 3.63) is 23.5 Å². The number of hydrogen-bond acceptors (Lipinski definition) is 6. The van der Waals surface area contributed by atoms with Crippen molar-refractivity contribution < 1.29 is 8.83 Å². The average molecular weight is 687 g/mol. The predicted octanol–water partition coefficient (Wildman–Crippen LogP) is 14.0. The molecule has 0 fully saturated rings. The topological polar surface area (TPSA) is 80.3 Å². The minimum absolute atomic E-state index is 0.523. The fourth-order valence-electron chi connectivity index (χ4n) is 7.41. The van der Waals surface area contributed by atoms with Gasteiger partial charge in [-0.2, -0.15) is 10.5 Å². The van der Waals surface area contributed by atoms with Gasteiger partial charge in [0.2, 0.25) is 5.88 Å². The Morgan fingerprint density at radius 2 is 0.960 bits per heavy atom. The number of unbranched alkanes of at least 4 members (excludes halogenated alkanes) is 20. The second-order valence-corrected chi connectivity index (χ2v) is 14.7. The number of anilines is 2. The molecule has 0 N–H and O–H groups in total. The molecule has 0 spiro atoms. The van der Waals surface area contributed by atoms with Gasteiger partial charge in [-0.05, 0) is 31.7 Å². The summed E-state index contributed by atoms with van der Waals surface area (Å²) in [7, 11) is 0. The van der Waals surface area contributed by atoms with Gasteiger partial charge in [-0.25, -0.2) is 0 Å². The van der Waals surface area contributed by atoms with Gasteiger partial charge in [-0.1, -0.05) is 156 Å². The van der Waals surface area contributed by atoms with E-state index in [0.29, 0.717) is 28.2 Å². The smallest absolute Gasteiger partial charge is 0.214 e. The second kappa shape index (κ2) is 24.9. The number of hydrogen-bond donors (Lipinski definition) is 0. The maximum absolute atomic E-state index is 10.9. The highest BCUT2D eigenvalue weighted by Crippen LogP contribution is 2.44. The van der Waals surface area contributed by atoms with Crippen LogP contribution in [0.25, 0.3) is 21.9 Å². The number of nitrogens with zero attached hydrogens (tertiary/aromatic N) is 4. The molecule has 0 atom stereocenters. The van der Waals surface area contributed by atoms with Crippen LogP contribution in [-0.2, 0) is 0 Å². The number of fused-ring (bicyclic) bond motifs is 2. The molecule has 3 aromatic rings. The third kappa shape index (κ3) is 12.9. The summed E-state index contributed by atoms with van der Waals surface area (Å²) in [6.07, 6.45) is 31.1. The highest BCUT2D eigenvalue weighted by atomic mass is 16.4. The van der Waals surface area contributed by atoms with Gasteiger partial charge in [-0.15, -0.1) is 0 Å². The molecule has 0 saturated heterocycles. The molecule has 0 aliphatic heterocycles. The van der Waals surface area contributed by atoms with Gasteiger partial charge in [0.25, 0.3) is 0 Å². The summed E-state index contributed by atoms with van der Waals surface area (Å²) in [5.41, 5.74) is 3.51. The molecule has 1 aromatic carbocycles. The summed E-state index contributed by atoms with van der Waals surface area (Å²) in [5, 5.41) is 22.6. The van der Waals surface area contributed by atoms with E-state index in [1.807, 2.05) is 6.07 Å². The van der Waals surface area contributed by atoms with Crippen LogP contribution in [0, 0.1) is 22.7 Å². The molecule has 0 amide bonds. The van der Waals surface area contributed by atoms with Crippen LogP contribution in [0.15, 0.2) is 21.2 Å². The van der Waals surface area contributed by atoms with Crippen molar-refractivity contribution in [1.29, 1.82) is 10.5 Å². The number of furan rings is 2. The highest BCUT2D eigenvalue weighted by molar-refractivity contribution is 6.12. The van der Waals surface area contributed by atoms with Gasteiger partial charge in [0.05, 0.1) is 16.6 Å². The van der Waals surface area contributed by atoms with E-state index in [1.54, 1.807) is 6.26 Å². The summed E-state index contributed by atoms with van der Waals surface area (Å²) < 4.78 is 13.0. The van der Waals surface area contributed by atoms with Crippen molar-refractivity contribution in [2.24, 2.45) is 0 Å². The van der Waals surface area contributed by atoms with Crippen molar-refractivity contribution >= 4 is 33.5 Å². The Labute approximate surface area is 305 Å². The molecule has 6 heteroatoms. The lowest BCUT2D eigenvalue weighted by Crippen LogP contribution is -2.27. The average Bonchev–Trinajstić information content (AvgIpc) is 3.72. The normalized spacial score (nSPS) is 11.4. The van der Waals surface area contributed by atoms with Crippen LogP contribution in [0.4, 0.5) is 11.6 Å². The Hall–Kier alpha value is -3.12. The van der Waals surface area contributed by atoms with Crippen LogP contribution in [-0.4, -0.2) is 26.2 Å². The molecule has 278 valence electrons. The molecule has 0 aliphatic rings. The molecule has 0 unspecified atom stereocenters. The van der Waals surface area contributed by atoms with Crippen molar-refractivity contribution in [2.45, 2.75) is 182 Å². The summed E-state index contributed by atoms with van der Waals surface area (Å²) in [6.45, 7) is 12.7. The van der Waals surface area contributed by atoms with E-state index >= 15 is 0 Å². The van der Waals surface area contributed by atoms with E-state index in [4.69, 9.17) is 8.83 Å². The zero-order valence-electron chi connectivity index (χ0n) is 32.6. The molecule has 2 aromatic heterocycles. The molecule has 2 heterocycles. The number of rotatable bonds is 30. The first-order valence-electron chi connectivity index (χ1n) is 21.0. The Morgan fingerprint density at radius 1 is 0.540 bits per heavy atom. The first kappa shape index (κ1) is 41.3. The summed E-state index contributed by atoms with van der Waals surface area (Å²) in [6, 6.07) is 6.94. The zero-order valence-corrected chi connectivity index (χ0v) is 32.6. The van der Waals surface area contributed by atoms with E-state index in [-0.39, 0.29) is 0 Å². The van der Waals surface area contributed by atoms with E-state index in [9.17, 15) is 10.5 Å². The maximum atomic E-state index is 10.9. The van der Waals surface area contributed by atoms with Crippen LogP contribution >= 0.6 is 0 Å². The Kier molecular flexibility index (Phi) is 20.6. The zero-order chi connectivity index (χ0) is 35.8. The van der Waals surface area contributed by atoms with Crippen LogP contribution in [0.5, 0.6) is 0 Å². The maximum Gasteiger partial charge on any atom is 0.214 e. The molecule has 0 radical (unpaired) electrons. The standard InChI is InChI=1S/C44H70N4O2/c1-5-9-13-17-21-25-29-47(30-26-22-18-14-10-6-2)42-41-39(35-46)44(50-40(41)33-38-37(34-45)36-49-43(38)42)48(31-27-23-19-15-11-7-3)32-28-24-20-16-12-8-4/h33,36H,5-32H2,1-4H3. The first-order valence-corrected chi connectivity index (χ1v) is 21.0. The lowest BCUT2D eigenvalue weighted by molar-refractivity contribution is 0.534. The molecular formula is C44H70N4O2. The van der Waals surface area contributed by atoms with Crippen LogP contribution in [0.1, 0.15) is 193 Å². The quantitative estimate of drug-likeness (QED) is 0.0649. The first-order chi connectivity index (χ1) is 24.6. The largest absolute Gasteiger partial charge is 0.461 e. The number of benzene rings is 1. The van der Waals surface area contributed by atoms with Gasteiger partial charge < -0.3 is 18.6 Å². The summed E-state index contributed by atoms with van der Waals surface area (Å²) in [5.74, 6) is 0.705. The molecule has 50 heavy (non-hydrogen) atoms. The van der Waals surface area contributed by atoms with E-state index in [0.717, 1.165) is 68.3 Å². The van der Waals surface area contributed by atoms with Crippen molar-refractivity contribution in [2.75, 3.05) is 36.0 Å². The molecule has 0 saturated carbocycles. The van der Waals surface area contributed by atoms with Crippen molar-refractivity contribution in [3.8, 4) is 12.1 Å². The second-order valence-electron chi connectivity index (χ2n) is 14.7. The SMILES string of the molecule is CCCCCCCCN(CCCCCCCC)c1oc2cc3c(C#N)coc3c(N(CCCCCCCC)CCCCCCCC)c2c1C#N. The lowest BCUT2D eigenvalue weighted by Gasteiger charge is -2.26. The molecule has 3 rings (SSSR count). The third-order valence-corrected chi connectivity index (χ3v) is 10.4. The van der Waals surface area contributed by atoms with Crippen molar-refractivity contribution in [1.82, 2.24) is 0 Å². The molecule has 6 nitrogen and oxygen atoms in total. The van der Waals surface area contributed by atoms with E-state index in [2.05, 4.69) is 49.6 Å². The highest BCUT2D eigenvalue weighted by Gasteiger charge is 2.28. The summed E-state index contributed by atoms with van der Waals surface area (Å²) >= 11 is 0. The van der Waals surface area contributed by atoms with Crippen LogP contribution in [0.3, 0.4) is 0 Å². The Balaban J connectivity index is 2.02. The Morgan fingerprint density at radius 3 is 1.38 bits per heavy atom. The van der Waals surface area contributed by atoms with Gasteiger partial charge in [0.1, 0.15) is 29.5 Å². The molecule has 0 bridgehead atoms.